The van der Waals surface area contributed by atoms with E-state index in [0.29, 0.717) is 6.04 Å². The molecule has 0 aliphatic carbocycles. The van der Waals surface area contributed by atoms with Crippen LogP contribution in [0.15, 0.2) is 18.3 Å². The van der Waals surface area contributed by atoms with E-state index in [4.69, 9.17) is 5.73 Å². The molecule has 1 aromatic rings. The molecule has 1 aliphatic rings. The zero-order valence-corrected chi connectivity index (χ0v) is 8.61. The Balaban J connectivity index is 1.97. The second-order valence-corrected chi connectivity index (χ2v) is 4.11. The maximum absolute atomic E-state index is 5.85. The van der Waals surface area contributed by atoms with E-state index in [2.05, 4.69) is 22.9 Å². The molecule has 1 fully saturated rings. The first-order chi connectivity index (χ1) is 6.74. The molecule has 1 saturated heterocycles. The molecular weight excluding hydrogens is 174 g/mol. The summed E-state index contributed by atoms with van der Waals surface area (Å²) in [6, 6.07) is 4.53. The van der Waals surface area contributed by atoms with Crippen LogP contribution in [0.4, 0.5) is 0 Å². The van der Waals surface area contributed by atoms with Crippen molar-refractivity contribution in [2.45, 2.75) is 25.9 Å². The van der Waals surface area contributed by atoms with Crippen LogP contribution in [0, 0.1) is 6.92 Å². The van der Waals surface area contributed by atoms with Crippen molar-refractivity contribution in [3.63, 3.8) is 0 Å². The molecule has 1 aromatic heterocycles. The van der Waals surface area contributed by atoms with Gasteiger partial charge in [0.25, 0.3) is 0 Å². The van der Waals surface area contributed by atoms with E-state index < -0.39 is 0 Å². The summed E-state index contributed by atoms with van der Waals surface area (Å²) in [7, 11) is 0. The summed E-state index contributed by atoms with van der Waals surface area (Å²) in [5.74, 6) is 0. The standard InChI is InChI=1S/C11H17N3/c1-9-2-4-13-11(6-9)8-14-5-3-10(12)7-14/h2,4,6,10H,3,5,7-8,12H2,1H3. The van der Waals surface area contributed by atoms with Gasteiger partial charge in [0.15, 0.2) is 0 Å². The fourth-order valence-corrected chi connectivity index (χ4v) is 1.92. The van der Waals surface area contributed by atoms with Gasteiger partial charge in [-0.25, -0.2) is 0 Å². The maximum Gasteiger partial charge on any atom is 0.0546 e. The van der Waals surface area contributed by atoms with Gasteiger partial charge in [-0.1, -0.05) is 0 Å². The predicted molar refractivity (Wildman–Crippen MR) is 56.8 cm³/mol. The smallest absolute Gasteiger partial charge is 0.0546 e. The first kappa shape index (κ1) is 9.62. The predicted octanol–water partition coefficient (Wildman–Crippen LogP) is 0.923. The summed E-state index contributed by atoms with van der Waals surface area (Å²) in [6.45, 7) is 5.16. The van der Waals surface area contributed by atoms with E-state index >= 15 is 0 Å². The molecule has 14 heavy (non-hydrogen) atoms. The van der Waals surface area contributed by atoms with E-state index in [-0.39, 0.29) is 0 Å². The van der Waals surface area contributed by atoms with Crippen molar-refractivity contribution >= 4 is 0 Å². The van der Waals surface area contributed by atoms with Gasteiger partial charge in [-0.05, 0) is 31.0 Å². The third-order valence-electron chi connectivity index (χ3n) is 2.67. The minimum absolute atomic E-state index is 0.361. The molecule has 2 rings (SSSR count). The Kier molecular flexibility index (Phi) is 2.79. The van der Waals surface area contributed by atoms with Crippen molar-refractivity contribution in [1.82, 2.24) is 9.88 Å². The lowest BCUT2D eigenvalue weighted by Crippen LogP contribution is -2.26. The molecule has 0 amide bonds. The Morgan fingerprint density at radius 2 is 2.50 bits per heavy atom. The fraction of sp³-hybridized carbons (Fsp3) is 0.545. The van der Waals surface area contributed by atoms with Crippen molar-refractivity contribution in [1.29, 1.82) is 0 Å². The Morgan fingerprint density at radius 1 is 1.64 bits per heavy atom. The minimum Gasteiger partial charge on any atom is -0.326 e. The highest BCUT2D eigenvalue weighted by molar-refractivity contribution is 5.14. The van der Waals surface area contributed by atoms with Gasteiger partial charge < -0.3 is 5.73 Å². The Bertz CT molecular complexity index is 311. The quantitative estimate of drug-likeness (QED) is 0.756. The van der Waals surface area contributed by atoms with E-state index in [1.165, 1.54) is 5.56 Å². The van der Waals surface area contributed by atoms with Crippen LogP contribution in [0.2, 0.25) is 0 Å². The fourth-order valence-electron chi connectivity index (χ4n) is 1.92. The van der Waals surface area contributed by atoms with E-state index in [9.17, 15) is 0 Å². The molecule has 1 unspecified atom stereocenters. The highest BCUT2D eigenvalue weighted by Gasteiger charge is 2.18. The normalized spacial score (nSPS) is 22.9. The molecule has 2 heterocycles. The largest absolute Gasteiger partial charge is 0.326 e. The molecule has 0 aromatic carbocycles. The summed E-state index contributed by atoms with van der Waals surface area (Å²) in [4.78, 5) is 6.71. The average molecular weight is 191 g/mol. The topological polar surface area (TPSA) is 42.2 Å². The number of hydrogen-bond acceptors (Lipinski definition) is 3. The van der Waals surface area contributed by atoms with Gasteiger partial charge in [0.1, 0.15) is 0 Å². The van der Waals surface area contributed by atoms with Crippen molar-refractivity contribution < 1.29 is 0 Å². The summed E-state index contributed by atoms with van der Waals surface area (Å²) in [5, 5.41) is 0. The molecule has 3 heteroatoms. The van der Waals surface area contributed by atoms with Crippen LogP contribution < -0.4 is 5.73 Å². The lowest BCUT2D eigenvalue weighted by molar-refractivity contribution is 0.323. The monoisotopic (exact) mass is 191 g/mol. The second kappa shape index (κ2) is 4.07. The second-order valence-electron chi connectivity index (χ2n) is 4.11. The van der Waals surface area contributed by atoms with Crippen LogP contribution in [-0.4, -0.2) is 29.0 Å². The van der Waals surface area contributed by atoms with E-state index in [0.717, 1.165) is 31.7 Å². The number of likely N-dealkylation sites (tertiary alicyclic amines) is 1. The lowest BCUT2D eigenvalue weighted by Gasteiger charge is -2.14. The third kappa shape index (κ3) is 2.30. The summed E-state index contributed by atoms with van der Waals surface area (Å²) < 4.78 is 0. The SMILES string of the molecule is Cc1ccnc(CN2CCC(N)C2)c1. The molecule has 1 aliphatic heterocycles. The van der Waals surface area contributed by atoms with Crippen LogP contribution in [-0.2, 0) is 6.54 Å². The zero-order chi connectivity index (χ0) is 9.97. The molecule has 2 N–H and O–H groups in total. The highest BCUT2D eigenvalue weighted by Crippen LogP contribution is 2.11. The maximum atomic E-state index is 5.85. The molecule has 76 valence electrons. The first-order valence-corrected chi connectivity index (χ1v) is 5.13. The third-order valence-corrected chi connectivity index (χ3v) is 2.67. The molecule has 0 spiro atoms. The van der Waals surface area contributed by atoms with Gasteiger partial charge in [-0.2, -0.15) is 0 Å². The molecular formula is C11H17N3. The summed E-state index contributed by atoms with van der Waals surface area (Å²) in [5.41, 5.74) is 8.27. The molecule has 0 radical (unpaired) electrons. The highest BCUT2D eigenvalue weighted by atomic mass is 15.2. The molecule has 1 atom stereocenters. The number of hydrogen-bond donors (Lipinski definition) is 1. The Labute approximate surface area is 84.9 Å². The lowest BCUT2D eigenvalue weighted by atomic mass is 10.2. The van der Waals surface area contributed by atoms with Gasteiger partial charge in [0, 0.05) is 31.9 Å². The van der Waals surface area contributed by atoms with Gasteiger partial charge in [0.05, 0.1) is 5.69 Å². The van der Waals surface area contributed by atoms with Gasteiger partial charge in [-0.3, -0.25) is 9.88 Å². The zero-order valence-electron chi connectivity index (χ0n) is 8.61. The number of rotatable bonds is 2. The summed E-state index contributed by atoms with van der Waals surface area (Å²) in [6.07, 6.45) is 2.99. The van der Waals surface area contributed by atoms with E-state index in [1.54, 1.807) is 0 Å². The Morgan fingerprint density at radius 3 is 3.14 bits per heavy atom. The number of aryl methyl sites for hydroxylation is 1. The van der Waals surface area contributed by atoms with Crippen molar-refractivity contribution in [2.24, 2.45) is 5.73 Å². The van der Waals surface area contributed by atoms with Crippen molar-refractivity contribution in [2.75, 3.05) is 13.1 Å². The number of pyridine rings is 1. The van der Waals surface area contributed by atoms with E-state index in [1.807, 2.05) is 12.3 Å². The van der Waals surface area contributed by atoms with Crippen LogP contribution in [0.5, 0.6) is 0 Å². The van der Waals surface area contributed by atoms with Crippen LogP contribution in [0.3, 0.4) is 0 Å². The summed E-state index contributed by atoms with van der Waals surface area (Å²) >= 11 is 0. The average Bonchev–Trinajstić information content (AvgIpc) is 2.51. The number of nitrogens with zero attached hydrogens (tertiary/aromatic N) is 2. The van der Waals surface area contributed by atoms with Crippen molar-refractivity contribution in [3.8, 4) is 0 Å². The Hall–Kier alpha value is -0.930. The van der Waals surface area contributed by atoms with Crippen molar-refractivity contribution in [3.05, 3.63) is 29.6 Å². The first-order valence-electron chi connectivity index (χ1n) is 5.13. The molecule has 3 nitrogen and oxygen atoms in total. The van der Waals surface area contributed by atoms with Gasteiger partial charge in [0.2, 0.25) is 0 Å². The number of aromatic nitrogens is 1. The minimum atomic E-state index is 0.361. The van der Waals surface area contributed by atoms with Crippen LogP contribution >= 0.6 is 0 Å². The molecule has 0 bridgehead atoms. The number of nitrogens with two attached hydrogens (primary N) is 1. The van der Waals surface area contributed by atoms with Gasteiger partial charge >= 0.3 is 0 Å². The van der Waals surface area contributed by atoms with Crippen LogP contribution in [0.25, 0.3) is 0 Å². The van der Waals surface area contributed by atoms with Gasteiger partial charge in [-0.15, -0.1) is 0 Å². The van der Waals surface area contributed by atoms with Crippen LogP contribution in [0.1, 0.15) is 17.7 Å². The molecule has 0 saturated carbocycles.